The largest absolute Gasteiger partial charge is 0.466 e. The summed E-state index contributed by atoms with van der Waals surface area (Å²) in [6.45, 7) is 4.60. The zero-order valence-electron chi connectivity index (χ0n) is 16.1. The number of ether oxygens (including phenoxy) is 3. The Bertz CT molecular complexity index is 575. The minimum Gasteiger partial charge on any atom is -0.466 e. The molecule has 1 atom stereocenters. The Hall–Kier alpha value is -2.57. The molecule has 0 fully saturated rings. The van der Waals surface area contributed by atoms with Gasteiger partial charge in [0.05, 0.1) is 13.2 Å². The minimum absolute atomic E-state index is 0.00285. The third kappa shape index (κ3) is 10.2. The molecule has 150 valence electrons. The number of para-hydroxylation sites is 1. The molecule has 0 radical (unpaired) electrons. The van der Waals surface area contributed by atoms with Crippen LogP contribution in [0.5, 0.6) is 5.75 Å². The van der Waals surface area contributed by atoms with Crippen molar-refractivity contribution in [3.63, 3.8) is 0 Å². The van der Waals surface area contributed by atoms with Crippen molar-refractivity contribution in [2.24, 2.45) is 0 Å². The van der Waals surface area contributed by atoms with E-state index in [9.17, 15) is 14.4 Å². The molecule has 0 saturated heterocycles. The van der Waals surface area contributed by atoms with Crippen LogP contribution >= 0.6 is 0 Å². The summed E-state index contributed by atoms with van der Waals surface area (Å²) in [7, 11) is 0. The number of esters is 2. The van der Waals surface area contributed by atoms with Crippen LogP contribution in [0, 0.1) is 0 Å². The molecule has 27 heavy (non-hydrogen) atoms. The fourth-order valence-corrected chi connectivity index (χ4v) is 2.10. The zero-order valence-corrected chi connectivity index (χ0v) is 16.1. The quantitative estimate of drug-likeness (QED) is 0.441. The van der Waals surface area contributed by atoms with Crippen LogP contribution in [0.4, 0.5) is 4.79 Å². The van der Waals surface area contributed by atoms with Crippen molar-refractivity contribution in [3.8, 4) is 5.75 Å². The summed E-state index contributed by atoms with van der Waals surface area (Å²) < 4.78 is 15.4. The highest BCUT2D eigenvalue weighted by Crippen LogP contribution is 2.10. The number of rotatable bonds is 12. The van der Waals surface area contributed by atoms with E-state index in [2.05, 4.69) is 5.32 Å². The van der Waals surface area contributed by atoms with E-state index in [0.29, 0.717) is 12.4 Å². The predicted molar refractivity (Wildman–Crippen MR) is 100 cm³/mol. The zero-order chi connectivity index (χ0) is 19.9. The maximum atomic E-state index is 12.2. The van der Waals surface area contributed by atoms with Crippen molar-refractivity contribution < 1.29 is 28.6 Å². The highest BCUT2D eigenvalue weighted by atomic mass is 16.6. The van der Waals surface area contributed by atoms with E-state index in [4.69, 9.17) is 14.2 Å². The number of unbranched alkanes of at least 4 members (excludes halogenated alkanes) is 2. The Labute approximate surface area is 160 Å². The lowest BCUT2D eigenvalue weighted by molar-refractivity contribution is -0.147. The summed E-state index contributed by atoms with van der Waals surface area (Å²) in [6.07, 6.45) is 2.63. The predicted octanol–water partition coefficient (Wildman–Crippen LogP) is 3.61. The first-order valence-corrected chi connectivity index (χ1v) is 9.42. The molecule has 0 aromatic heterocycles. The molecular weight excluding hydrogens is 350 g/mol. The van der Waals surface area contributed by atoms with Crippen LogP contribution < -0.4 is 10.1 Å². The van der Waals surface area contributed by atoms with Crippen LogP contribution in [0.1, 0.15) is 52.4 Å². The standard InChI is InChI=1S/C20H29NO6/c1-3-5-14-25-18(22)13-12-17(19(23)26-15-6-4-2)21-20(24)27-16-10-8-7-9-11-16/h7-11,17H,3-6,12-15H2,1-2H3,(H,21,24). The Kier molecular flexibility index (Phi) is 11.3. The summed E-state index contributed by atoms with van der Waals surface area (Å²) in [6, 6.07) is 7.52. The van der Waals surface area contributed by atoms with E-state index in [1.54, 1.807) is 30.3 Å². The lowest BCUT2D eigenvalue weighted by Crippen LogP contribution is -2.43. The van der Waals surface area contributed by atoms with Gasteiger partial charge < -0.3 is 19.5 Å². The molecule has 1 rings (SSSR count). The van der Waals surface area contributed by atoms with E-state index in [1.165, 1.54) is 0 Å². The molecule has 7 nitrogen and oxygen atoms in total. The number of carbonyl (C=O) groups is 3. The highest BCUT2D eigenvalue weighted by Gasteiger charge is 2.24. The van der Waals surface area contributed by atoms with E-state index in [0.717, 1.165) is 25.7 Å². The van der Waals surface area contributed by atoms with Crippen molar-refractivity contribution in [3.05, 3.63) is 30.3 Å². The number of benzene rings is 1. The summed E-state index contributed by atoms with van der Waals surface area (Å²) in [4.78, 5) is 36.1. The van der Waals surface area contributed by atoms with Crippen LogP contribution in [0.15, 0.2) is 30.3 Å². The van der Waals surface area contributed by atoms with Crippen molar-refractivity contribution in [1.82, 2.24) is 5.32 Å². The van der Waals surface area contributed by atoms with E-state index in [1.807, 2.05) is 13.8 Å². The van der Waals surface area contributed by atoms with Gasteiger partial charge in [0.2, 0.25) is 0 Å². The van der Waals surface area contributed by atoms with Gasteiger partial charge in [-0.25, -0.2) is 9.59 Å². The van der Waals surface area contributed by atoms with Gasteiger partial charge in [-0.3, -0.25) is 4.79 Å². The fourth-order valence-electron chi connectivity index (χ4n) is 2.10. The molecule has 0 heterocycles. The molecule has 0 aliphatic heterocycles. The maximum absolute atomic E-state index is 12.2. The van der Waals surface area contributed by atoms with Crippen molar-refractivity contribution in [2.75, 3.05) is 13.2 Å². The molecule has 1 aromatic rings. The second kappa shape index (κ2) is 13.6. The number of carbonyl (C=O) groups excluding carboxylic acids is 3. The third-order valence-electron chi connectivity index (χ3n) is 3.67. The van der Waals surface area contributed by atoms with Gasteiger partial charge >= 0.3 is 18.0 Å². The van der Waals surface area contributed by atoms with Gasteiger partial charge in [-0.05, 0) is 31.4 Å². The van der Waals surface area contributed by atoms with E-state index >= 15 is 0 Å². The average Bonchev–Trinajstić information content (AvgIpc) is 2.66. The van der Waals surface area contributed by atoms with Gasteiger partial charge in [0.25, 0.3) is 0 Å². The van der Waals surface area contributed by atoms with Gasteiger partial charge in [0, 0.05) is 6.42 Å². The first-order valence-electron chi connectivity index (χ1n) is 9.42. The van der Waals surface area contributed by atoms with Gasteiger partial charge in [-0.1, -0.05) is 44.9 Å². The van der Waals surface area contributed by atoms with Crippen LogP contribution in [0.2, 0.25) is 0 Å². The fraction of sp³-hybridized carbons (Fsp3) is 0.550. The van der Waals surface area contributed by atoms with Gasteiger partial charge in [-0.2, -0.15) is 0 Å². The molecule has 1 N–H and O–H groups in total. The topological polar surface area (TPSA) is 90.9 Å². The number of hydrogen-bond acceptors (Lipinski definition) is 6. The van der Waals surface area contributed by atoms with Crippen LogP contribution in [0.3, 0.4) is 0 Å². The van der Waals surface area contributed by atoms with Crippen LogP contribution in [0.25, 0.3) is 0 Å². The second-order valence-electron chi connectivity index (χ2n) is 6.03. The van der Waals surface area contributed by atoms with E-state index < -0.39 is 24.1 Å². The summed E-state index contributed by atoms with van der Waals surface area (Å²) >= 11 is 0. The second-order valence-corrected chi connectivity index (χ2v) is 6.03. The molecule has 0 bridgehead atoms. The molecule has 0 aliphatic rings. The lowest BCUT2D eigenvalue weighted by atomic mass is 10.1. The number of amides is 1. The van der Waals surface area contributed by atoms with Crippen molar-refractivity contribution >= 4 is 18.0 Å². The molecular formula is C20H29NO6. The highest BCUT2D eigenvalue weighted by molar-refractivity contribution is 5.82. The smallest absolute Gasteiger partial charge is 0.413 e. The van der Waals surface area contributed by atoms with Crippen molar-refractivity contribution in [2.45, 2.75) is 58.4 Å². The summed E-state index contributed by atoms with van der Waals surface area (Å²) in [5.41, 5.74) is 0. The normalized spacial score (nSPS) is 11.3. The molecule has 1 aromatic carbocycles. The maximum Gasteiger partial charge on any atom is 0.413 e. The lowest BCUT2D eigenvalue weighted by Gasteiger charge is -2.17. The minimum atomic E-state index is -0.975. The summed E-state index contributed by atoms with van der Waals surface area (Å²) in [5, 5.41) is 2.47. The molecule has 0 spiro atoms. The van der Waals surface area contributed by atoms with E-state index in [-0.39, 0.29) is 19.4 Å². The third-order valence-corrected chi connectivity index (χ3v) is 3.67. The Morgan fingerprint density at radius 1 is 0.963 bits per heavy atom. The van der Waals surface area contributed by atoms with Crippen LogP contribution in [-0.4, -0.2) is 37.3 Å². The number of nitrogens with one attached hydrogen (secondary N) is 1. The van der Waals surface area contributed by atoms with Gasteiger partial charge in [-0.15, -0.1) is 0 Å². The SMILES string of the molecule is CCCCOC(=O)CCC(NC(=O)Oc1ccccc1)C(=O)OCCCC. The van der Waals surface area contributed by atoms with Gasteiger partial charge in [0.15, 0.2) is 0 Å². The first-order chi connectivity index (χ1) is 13.1. The molecule has 7 heteroatoms. The van der Waals surface area contributed by atoms with Crippen molar-refractivity contribution in [1.29, 1.82) is 0 Å². The first kappa shape index (κ1) is 22.5. The Balaban J connectivity index is 2.56. The molecule has 1 unspecified atom stereocenters. The number of hydrogen-bond donors (Lipinski definition) is 1. The Morgan fingerprint density at radius 2 is 1.59 bits per heavy atom. The van der Waals surface area contributed by atoms with Crippen LogP contribution in [-0.2, 0) is 19.1 Å². The molecule has 0 aliphatic carbocycles. The Morgan fingerprint density at radius 3 is 2.22 bits per heavy atom. The molecule has 0 saturated carbocycles. The van der Waals surface area contributed by atoms with Gasteiger partial charge in [0.1, 0.15) is 11.8 Å². The summed E-state index contributed by atoms with van der Waals surface area (Å²) in [5.74, 6) is -0.644. The average molecular weight is 379 g/mol. The monoisotopic (exact) mass is 379 g/mol. The molecule has 1 amide bonds.